The highest BCUT2D eigenvalue weighted by Gasteiger charge is 2.14. The van der Waals surface area contributed by atoms with Crippen LogP contribution in [0.2, 0.25) is 0 Å². The fraction of sp³-hybridized carbons (Fsp3) is 0.333. The van der Waals surface area contributed by atoms with Crippen LogP contribution in [0, 0.1) is 13.8 Å². The second kappa shape index (κ2) is 8.44. The molecule has 0 fully saturated rings. The summed E-state index contributed by atoms with van der Waals surface area (Å²) in [5.74, 6) is 0.331. The van der Waals surface area contributed by atoms with Gasteiger partial charge < -0.3 is 9.47 Å². The van der Waals surface area contributed by atoms with Crippen LogP contribution in [0.4, 0.5) is 0 Å². The van der Waals surface area contributed by atoms with Crippen LogP contribution in [0.15, 0.2) is 28.7 Å². The average Bonchev–Trinajstić information content (AvgIpc) is 2.89. The summed E-state index contributed by atoms with van der Waals surface area (Å²) < 4.78 is 11.2. The summed E-state index contributed by atoms with van der Waals surface area (Å²) in [6, 6.07) is 7.36. The van der Waals surface area contributed by atoms with Crippen LogP contribution in [-0.4, -0.2) is 18.9 Å². The summed E-state index contributed by atoms with van der Waals surface area (Å²) in [5.41, 5.74) is 1.57. The first-order chi connectivity index (χ1) is 11.4. The summed E-state index contributed by atoms with van der Waals surface area (Å²) in [6.07, 6.45) is 0.257. The molecule has 0 aliphatic rings. The third-order valence-corrected chi connectivity index (χ3v) is 5.10. The van der Waals surface area contributed by atoms with Crippen LogP contribution >= 0.6 is 27.3 Å². The molecular weight excluding hydrogens is 392 g/mol. The van der Waals surface area contributed by atoms with Gasteiger partial charge in [0.1, 0.15) is 12.4 Å². The predicted molar refractivity (Wildman–Crippen MR) is 97.8 cm³/mol. The van der Waals surface area contributed by atoms with Gasteiger partial charge >= 0.3 is 5.97 Å². The maximum atomic E-state index is 12.2. The zero-order chi connectivity index (χ0) is 17.7. The summed E-state index contributed by atoms with van der Waals surface area (Å²) in [6.45, 7) is 4.06. The maximum absolute atomic E-state index is 12.2. The van der Waals surface area contributed by atoms with Gasteiger partial charge in [-0.2, -0.15) is 0 Å². The highest BCUT2D eigenvalue weighted by molar-refractivity contribution is 9.10. The normalized spacial score (nSPS) is 10.5. The Morgan fingerprint density at radius 1 is 1.17 bits per heavy atom. The smallest absolute Gasteiger partial charge is 0.306 e. The van der Waals surface area contributed by atoms with Gasteiger partial charge in [-0.05, 0) is 53.5 Å². The first-order valence-electron chi connectivity index (χ1n) is 7.49. The zero-order valence-corrected chi connectivity index (χ0v) is 16.3. The predicted octanol–water partition coefficient (Wildman–Crippen LogP) is 4.84. The van der Waals surface area contributed by atoms with Gasteiger partial charge in [0.2, 0.25) is 0 Å². The lowest BCUT2D eigenvalue weighted by Gasteiger charge is -2.07. The Morgan fingerprint density at radius 3 is 2.50 bits per heavy atom. The number of aryl methyl sites for hydroxylation is 2. The van der Waals surface area contributed by atoms with Gasteiger partial charge in [0.15, 0.2) is 5.78 Å². The average molecular weight is 411 g/mol. The molecule has 0 saturated carbocycles. The number of ether oxygens (including phenoxy) is 2. The molecule has 1 aromatic carbocycles. The maximum Gasteiger partial charge on any atom is 0.306 e. The van der Waals surface area contributed by atoms with Gasteiger partial charge in [-0.15, -0.1) is 11.3 Å². The topological polar surface area (TPSA) is 52.6 Å². The Labute approximate surface area is 153 Å². The largest absolute Gasteiger partial charge is 0.496 e. The molecule has 24 heavy (non-hydrogen) atoms. The molecule has 1 aromatic heterocycles. The standard InChI is InChI=1S/C18H19BrO4S/c1-11-8-14(12(2)24-11)16(20)5-7-18(21)23-10-13-4-6-17(22-3)15(19)9-13/h4,6,8-9H,5,7,10H2,1-3H3. The van der Waals surface area contributed by atoms with Crippen LogP contribution in [0.5, 0.6) is 5.75 Å². The third kappa shape index (κ3) is 4.92. The fourth-order valence-corrected chi connectivity index (χ4v) is 3.82. The highest BCUT2D eigenvalue weighted by Crippen LogP contribution is 2.26. The number of hydrogen-bond acceptors (Lipinski definition) is 5. The number of Topliss-reactive ketones (excluding diaryl/α,β-unsaturated/α-hetero) is 1. The van der Waals surface area contributed by atoms with Gasteiger partial charge in [-0.1, -0.05) is 6.07 Å². The van der Waals surface area contributed by atoms with E-state index < -0.39 is 0 Å². The van der Waals surface area contributed by atoms with E-state index in [1.165, 1.54) is 0 Å². The highest BCUT2D eigenvalue weighted by atomic mass is 79.9. The molecule has 0 spiro atoms. The van der Waals surface area contributed by atoms with E-state index in [4.69, 9.17) is 9.47 Å². The van der Waals surface area contributed by atoms with Crippen LogP contribution in [0.25, 0.3) is 0 Å². The lowest BCUT2D eigenvalue weighted by atomic mass is 10.1. The molecule has 0 bridgehead atoms. The summed E-state index contributed by atoms with van der Waals surface area (Å²) in [5, 5.41) is 0. The Kier molecular flexibility index (Phi) is 6.57. The van der Waals surface area contributed by atoms with Crippen molar-refractivity contribution in [1.82, 2.24) is 0 Å². The van der Waals surface area contributed by atoms with E-state index in [-0.39, 0.29) is 31.2 Å². The van der Waals surface area contributed by atoms with E-state index in [2.05, 4.69) is 15.9 Å². The van der Waals surface area contributed by atoms with E-state index in [1.807, 2.05) is 32.0 Å². The fourth-order valence-electron chi connectivity index (χ4n) is 2.29. The molecule has 2 aromatic rings. The van der Waals surface area contributed by atoms with Crippen LogP contribution in [0.3, 0.4) is 0 Å². The number of carbonyl (C=O) groups excluding carboxylic acids is 2. The molecule has 0 unspecified atom stereocenters. The minimum absolute atomic E-state index is 0.0130. The van der Waals surface area contributed by atoms with Crippen molar-refractivity contribution in [1.29, 1.82) is 0 Å². The first kappa shape index (κ1) is 18.7. The lowest BCUT2D eigenvalue weighted by Crippen LogP contribution is -2.08. The van der Waals surface area contributed by atoms with Crippen molar-refractivity contribution in [2.75, 3.05) is 7.11 Å². The first-order valence-corrected chi connectivity index (χ1v) is 9.10. The second-order valence-corrected chi connectivity index (χ2v) is 7.69. The minimum Gasteiger partial charge on any atom is -0.496 e. The monoisotopic (exact) mass is 410 g/mol. The van der Waals surface area contributed by atoms with Gasteiger partial charge in [0, 0.05) is 21.7 Å². The molecule has 0 saturated heterocycles. The van der Waals surface area contributed by atoms with Crippen LogP contribution < -0.4 is 4.74 Å². The molecular formula is C18H19BrO4S. The third-order valence-electron chi connectivity index (χ3n) is 3.51. The number of esters is 1. The lowest BCUT2D eigenvalue weighted by molar-refractivity contribution is -0.144. The number of benzene rings is 1. The molecule has 2 rings (SSSR count). The van der Waals surface area contributed by atoms with Crippen molar-refractivity contribution in [2.45, 2.75) is 33.3 Å². The molecule has 128 valence electrons. The van der Waals surface area contributed by atoms with E-state index in [0.29, 0.717) is 5.56 Å². The summed E-state index contributed by atoms with van der Waals surface area (Å²) in [7, 11) is 1.59. The SMILES string of the molecule is COc1ccc(COC(=O)CCC(=O)c2cc(C)sc2C)cc1Br. The second-order valence-electron chi connectivity index (χ2n) is 5.38. The number of methoxy groups -OCH3 is 1. The van der Waals surface area contributed by atoms with E-state index >= 15 is 0 Å². The molecule has 0 atom stereocenters. The van der Waals surface area contributed by atoms with Crippen molar-refractivity contribution in [3.63, 3.8) is 0 Å². The number of halogens is 1. The zero-order valence-electron chi connectivity index (χ0n) is 13.8. The van der Waals surface area contributed by atoms with E-state index in [0.717, 1.165) is 25.5 Å². The van der Waals surface area contributed by atoms with Crippen LogP contribution in [0.1, 0.15) is 38.5 Å². The van der Waals surface area contributed by atoms with Crippen molar-refractivity contribution < 1.29 is 19.1 Å². The quantitative estimate of drug-likeness (QED) is 0.483. The van der Waals surface area contributed by atoms with Crippen molar-refractivity contribution in [2.24, 2.45) is 0 Å². The summed E-state index contributed by atoms with van der Waals surface area (Å²) >= 11 is 4.98. The minimum atomic E-state index is -0.375. The van der Waals surface area contributed by atoms with Crippen molar-refractivity contribution in [3.05, 3.63) is 49.6 Å². The number of carbonyl (C=O) groups is 2. The molecule has 1 heterocycles. The van der Waals surface area contributed by atoms with E-state index in [9.17, 15) is 9.59 Å². The molecule has 0 radical (unpaired) electrons. The number of rotatable bonds is 7. The number of thiophene rings is 1. The molecule has 0 aliphatic carbocycles. The summed E-state index contributed by atoms with van der Waals surface area (Å²) in [4.78, 5) is 26.1. The Hall–Kier alpha value is -1.66. The molecule has 4 nitrogen and oxygen atoms in total. The Morgan fingerprint density at radius 2 is 1.92 bits per heavy atom. The Balaban J connectivity index is 1.82. The Bertz CT molecular complexity index is 751. The molecule has 0 aliphatic heterocycles. The molecule has 0 N–H and O–H groups in total. The van der Waals surface area contributed by atoms with Gasteiger partial charge in [-0.3, -0.25) is 9.59 Å². The molecule has 6 heteroatoms. The number of ketones is 1. The van der Waals surface area contributed by atoms with Crippen molar-refractivity contribution >= 4 is 39.0 Å². The van der Waals surface area contributed by atoms with Gasteiger partial charge in [0.25, 0.3) is 0 Å². The van der Waals surface area contributed by atoms with Crippen molar-refractivity contribution in [3.8, 4) is 5.75 Å². The van der Waals surface area contributed by atoms with Gasteiger partial charge in [-0.25, -0.2) is 0 Å². The number of hydrogen-bond donors (Lipinski definition) is 0. The van der Waals surface area contributed by atoms with Gasteiger partial charge in [0.05, 0.1) is 18.0 Å². The van der Waals surface area contributed by atoms with E-state index in [1.54, 1.807) is 24.5 Å². The van der Waals surface area contributed by atoms with Crippen LogP contribution in [-0.2, 0) is 16.1 Å². The molecule has 0 amide bonds.